The van der Waals surface area contributed by atoms with E-state index in [-0.39, 0.29) is 12.0 Å². The van der Waals surface area contributed by atoms with Gasteiger partial charge in [0.25, 0.3) is 5.91 Å². The van der Waals surface area contributed by atoms with Gasteiger partial charge in [0.2, 0.25) is 0 Å². The van der Waals surface area contributed by atoms with Crippen LogP contribution in [0.1, 0.15) is 28.9 Å². The summed E-state index contributed by atoms with van der Waals surface area (Å²) in [6.07, 6.45) is 5.50. The molecular weight excluding hydrogens is 356 g/mol. The summed E-state index contributed by atoms with van der Waals surface area (Å²) in [5.41, 5.74) is 1.89. The van der Waals surface area contributed by atoms with Crippen molar-refractivity contribution in [3.63, 3.8) is 0 Å². The zero-order valence-corrected chi connectivity index (χ0v) is 15.7. The highest BCUT2D eigenvalue weighted by Crippen LogP contribution is 2.21. The maximum absolute atomic E-state index is 12.7. The Morgan fingerprint density at radius 1 is 1.32 bits per heavy atom. The first kappa shape index (κ1) is 18.2. The topological polar surface area (TPSA) is 78.3 Å². The highest BCUT2D eigenvalue weighted by Gasteiger charge is 2.17. The number of hydrogen-bond donors (Lipinski definition) is 1. The van der Waals surface area contributed by atoms with Gasteiger partial charge in [-0.15, -0.1) is 0 Å². The monoisotopic (exact) mass is 378 g/mol. The molecule has 28 heavy (non-hydrogen) atoms. The number of ether oxygens (including phenoxy) is 2. The fraction of sp³-hybridized carbons (Fsp3) is 0.286. The molecule has 0 radical (unpaired) electrons. The molecule has 0 spiro atoms. The maximum atomic E-state index is 12.7. The van der Waals surface area contributed by atoms with Gasteiger partial charge in [0.15, 0.2) is 5.82 Å². The number of nitrogens with one attached hydrogen (secondary N) is 1. The molecule has 3 aromatic rings. The Morgan fingerprint density at radius 2 is 2.25 bits per heavy atom. The fourth-order valence-electron chi connectivity index (χ4n) is 3.17. The van der Waals surface area contributed by atoms with Crippen LogP contribution >= 0.6 is 0 Å². The quantitative estimate of drug-likeness (QED) is 0.711. The Bertz CT molecular complexity index is 949. The number of rotatable bonds is 6. The second kappa shape index (κ2) is 8.22. The van der Waals surface area contributed by atoms with Crippen LogP contribution in [0, 0.1) is 6.92 Å². The summed E-state index contributed by atoms with van der Waals surface area (Å²) in [4.78, 5) is 17.0. The smallest absolute Gasteiger partial charge is 0.259 e. The van der Waals surface area contributed by atoms with E-state index >= 15 is 0 Å². The molecule has 1 aliphatic rings. The van der Waals surface area contributed by atoms with Crippen molar-refractivity contribution in [3.8, 4) is 11.6 Å². The first-order valence-electron chi connectivity index (χ1n) is 9.32. The second-order valence-corrected chi connectivity index (χ2v) is 6.67. The van der Waals surface area contributed by atoms with Gasteiger partial charge in [-0.1, -0.05) is 12.1 Å². The second-order valence-electron chi connectivity index (χ2n) is 6.67. The van der Waals surface area contributed by atoms with Gasteiger partial charge in [-0.05, 0) is 44.0 Å². The molecule has 1 unspecified atom stereocenters. The van der Waals surface area contributed by atoms with E-state index in [4.69, 9.17) is 9.47 Å². The van der Waals surface area contributed by atoms with Crippen molar-refractivity contribution in [1.82, 2.24) is 14.8 Å². The number of carbonyl (C=O) groups excluding carboxylic acids is 1. The minimum atomic E-state index is -0.226. The van der Waals surface area contributed by atoms with Crippen LogP contribution in [0.4, 0.5) is 5.69 Å². The van der Waals surface area contributed by atoms with E-state index < -0.39 is 0 Å². The maximum Gasteiger partial charge on any atom is 0.259 e. The van der Waals surface area contributed by atoms with Gasteiger partial charge < -0.3 is 14.8 Å². The van der Waals surface area contributed by atoms with E-state index in [0.29, 0.717) is 29.4 Å². The normalized spacial score (nSPS) is 16.1. The molecule has 4 rings (SSSR count). The highest BCUT2D eigenvalue weighted by atomic mass is 16.5. The number of carbonyl (C=O) groups is 1. The van der Waals surface area contributed by atoms with Crippen LogP contribution in [-0.2, 0) is 4.74 Å². The lowest BCUT2D eigenvalue weighted by atomic mass is 10.2. The number of benzene rings is 1. The molecule has 1 N–H and O–H groups in total. The van der Waals surface area contributed by atoms with E-state index in [1.807, 2.05) is 49.4 Å². The Hall–Kier alpha value is -3.19. The lowest BCUT2D eigenvalue weighted by Crippen LogP contribution is -2.16. The zero-order valence-electron chi connectivity index (χ0n) is 15.7. The molecule has 1 amide bonds. The Morgan fingerprint density at radius 3 is 3.04 bits per heavy atom. The van der Waals surface area contributed by atoms with Gasteiger partial charge in [-0.25, -0.2) is 9.67 Å². The number of aromatic nitrogens is 3. The van der Waals surface area contributed by atoms with Crippen molar-refractivity contribution in [3.05, 3.63) is 66.1 Å². The Labute approximate surface area is 163 Å². The molecular formula is C21H22N4O3. The minimum Gasteiger partial charge on any atom is -0.491 e. The third-order valence-corrected chi connectivity index (χ3v) is 4.67. The average Bonchev–Trinajstić information content (AvgIpc) is 3.37. The lowest BCUT2D eigenvalue weighted by molar-refractivity contribution is 0.0680. The predicted molar refractivity (Wildman–Crippen MR) is 105 cm³/mol. The average molecular weight is 378 g/mol. The van der Waals surface area contributed by atoms with Crippen LogP contribution in [-0.4, -0.2) is 40.0 Å². The van der Waals surface area contributed by atoms with E-state index in [9.17, 15) is 4.79 Å². The standard InChI is InChI=1S/C21H22N4O3/c1-15-19(13-23-25(15)20-9-2-3-10-22-20)21(26)24-16-6-4-7-17(12-16)28-14-18-8-5-11-27-18/h2-4,6-7,9-10,12-13,18H,5,8,11,14H2,1H3,(H,24,26). The van der Waals surface area contributed by atoms with Crippen LogP contribution in [0.3, 0.4) is 0 Å². The summed E-state index contributed by atoms with van der Waals surface area (Å²) < 4.78 is 13.0. The van der Waals surface area contributed by atoms with Gasteiger partial charge in [0, 0.05) is 24.6 Å². The summed E-state index contributed by atoms with van der Waals surface area (Å²) in [6.45, 7) is 3.17. The van der Waals surface area contributed by atoms with Crippen LogP contribution in [0.5, 0.6) is 5.75 Å². The largest absolute Gasteiger partial charge is 0.491 e. The fourth-order valence-corrected chi connectivity index (χ4v) is 3.17. The number of pyridine rings is 1. The molecule has 1 fully saturated rings. The highest BCUT2D eigenvalue weighted by molar-refractivity contribution is 6.05. The molecule has 1 aliphatic heterocycles. The number of nitrogens with zero attached hydrogens (tertiary/aromatic N) is 3. The van der Waals surface area contributed by atoms with Gasteiger partial charge >= 0.3 is 0 Å². The molecule has 0 bridgehead atoms. The number of hydrogen-bond acceptors (Lipinski definition) is 5. The number of amides is 1. The summed E-state index contributed by atoms with van der Waals surface area (Å²) in [7, 11) is 0. The summed E-state index contributed by atoms with van der Waals surface area (Å²) in [6, 6.07) is 12.9. The van der Waals surface area contributed by atoms with Crippen molar-refractivity contribution < 1.29 is 14.3 Å². The van der Waals surface area contributed by atoms with E-state index in [0.717, 1.165) is 25.1 Å². The summed E-state index contributed by atoms with van der Waals surface area (Å²) in [5.74, 6) is 1.15. The van der Waals surface area contributed by atoms with E-state index in [1.165, 1.54) is 0 Å². The van der Waals surface area contributed by atoms with Crippen LogP contribution < -0.4 is 10.1 Å². The zero-order chi connectivity index (χ0) is 19.3. The summed E-state index contributed by atoms with van der Waals surface area (Å²) in [5, 5.41) is 7.20. The van der Waals surface area contributed by atoms with Gasteiger partial charge in [0.05, 0.1) is 23.6 Å². The molecule has 1 aromatic carbocycles. The van der Waals surface area contributed by atoms with Gasteiger partial charge in [0.1, 0.15) is 12.4 Å². The Balaban J connectivity index is 1.44. The predicted octanol–water partition coefficient (Wildman–Crippen LogP) is 3.39. The molecule has 1 saturated heterocycles. The van der Waals surface area contributed by atoms with E-state index in [2.05, 4.69) is 15.4 Å². The molecule has 1 atom stereocenters. The molecule has 3 heterocycles. The van der Waals surface area contributed by atoms with Crippen molar-refractivity contribution in [2.75, 3.05) is 18.5 Å². The van der Waals surface area contributed by atoms with Crippen molar-refractivity contribution in [1.29, 1.82) is 0 Å². The van der Waals surface area contributed by atoms with Crippen molar-refractivity contribution in [2.24, 2.45) is 0 Å². The summed E-state index contributed by atoms with van der Waals surface area (Å²) >= 11 is 0. The third-order valence-electron chi connectivity index (χ3n) is 4.67. The van der Waals surface area contributed by atoms with Crippen LogP contribution in [0.15, 0.2) is 54.9 Å². The molecule has 0 saturated carbocycles. The lowest BCUT2D eigenvalue weighted by Gasteiger charge is -2.12. The van der Waals surface area contributed by atoms with Crippen LogP contribution in [0.2, 0.25) is 0 Å². The first-order chi connectivity index (χ1) is 13.7. The van der Waals surface area contributed by atoms with Gasteiger partial charge in [-0.3, -0.25) is 4.79 Å². The van der Waals surface area contributed by atoms with Gasteiger partial charge in [-0.2, -0.15) is 5.10 Å². The molecule has 0 aliphatic carbocycles. The SMILES string of the molecule is Cc1c(C(=O)Nc2cccc(OCC3CCCO3)c2)cnn1-c1ccccn1. The van der Waals surface area contributed by atoms with Crippen molar-refractivity contribution >= 4 is 11.6 Å². The minimum absolute atomic E-state index is 0.151. The molecule has 7 heteroatoms. The third kappa shape index (κ3) is 4.04. The molecule has 2 aromatic heterocycles. The molecule has 7 nitrogen and oxygen atoms in total. The Kier molecular flexibility index (Phi) is 5.34. The van der Waals surface area contributed by atoms with Crippen LogP contribution in [0.25, 0.3) is 5.82 Å². The van der Waals surface area contributed by atoms with Crippen molar-refractivity contribution in [2.45, 2.75) is 25.9 Å². The first-order valence-corrected chi connectivity index (χ1v) is 9.32. The molecule has 144 valence electrons. The number of anilines is 1. The van der Waals surface area contributed by atoms with E-state index in [1.54, 1.807) is 17.1 Å².